The molecule has 3 heterocycles. The van der Waals surface area contributed by atoms with Crippen LogP contribution in [0.3, 0.4) is 0 Å². The molecule has 1 fully saturated rings. The number of benzene rings is 2. The Morgan fingerprint density at radius 3 is 2.82 bits per heavy atom. The maximum atomic E-state index is 12.8. The Morgan fingerprint density at radius 1 is 1.15 bits per heavy atom. The highest BCUT2D eigenvalue weighted by Crippen LogP contribution is 2.37. The lowest BCUT2D eigenvalue weighted by molar-refractivity contribution is -0.122. The predicted octanol–water partition coefficient (Wildman–Crippen LogP) is 2.21. The number of aromatic nitrogens is 3. The van der Waals surface area contributed by atoms with Crippen molar-refractivity contribution in [2.24, 2.45) is 5.92 Å². The van der Waals surface area contributed by atoms with Gasteiger partial charge in [0.1, 0.15) is 11.5 Å². The smallest absolute Gasteiger partial charge is 0.249 e. The molecule has 5 rings (SSSR count). The van der Waals surface area contributed by atoms with Crippen LogP contribution in [0.5, 0.6) is 23.0 Å². The van der Waals surface area contributed by atoms with Crippen LogP contribution in [-0.2, 0) is 9.59 Å². The van der Waals surface area contributed by atoms with Gasteiger partial charge in [0.05, 0.1) is 25.7 Å². The number of nitrogens with zero attached hydrogens (tertiary/aromatic N) is 3. The SMILES string of the molecule is COc1ccc(-c2nc(NC(=O)C3CC(=O)N(c4ccc5c(c4)OCO5)C3)n[nH]2)c(OC)c1. The standard InChI is InChI=1S/C22H21N5O6/c1-30-14-4-5-15(17(9-14)31-2)20-23-22(26-25-20)24-21(29)12-7-19(28)27(10-12)13-3-6-16-18(8-13)33-11-32-16/h3-6,8-9,12H,7,10-11H2,1-2H3,(H2,23,24,25,26,29). The molecule has 0 bridgehead atoms. The summed E-state index contributed by atoms with van der Waals surface area (Å²) in [4.78, 5) is 31.3. The first-order chi connectivity index (χ1) is 16.1. The molecule has 11 heteroatoms. The van der Waals surface area contributed by atoms with Crippen molar-refractivity contribution in [1.29, 1.82) is 0 Å². The van der Waals surface area contributed by atoms with Crippen LogP contribution in [0.4, 0.5) is 11.6 Å². The highest BCUT2D eigenvalue weighted by Gasteiger charge is 2.36. The van der Waals surface area contributed by atoms with Crippen molar-refractivity contribution in [2.75, 3.05) is 37.8 Å². The first-order valence-corrected chi connectivity index (χ1v) is 10.2. The summed E-state index contributed by atoms with van der Waals surface area (Å²) in [5, 5.41) is 9.56. The van der Waals surface area contributed by atoms with Gasteiger partial charge in [-0.15, -0.1) is 5.10 Å². The Labute approximate surface area is 188 Å². The van der Waals surface area contributed by atoms with Gasteiger partial charge < -0.3 is 23.8 Å². The van der Waals surface area contributed by atoms with Gasteiger partial charge in [-0.1, -0.05) is 0 Å². The predicted molar refractivity (Wildman–Crippen MR) is 117 cm³/mol. The summed E-state index contributed by atoms with van der Waals surface area (Å²) in [5.74, 6) is 1.91. The molecule has 1 unspecified atom stereocenters. The van der Waals surface area contributed by atoms with Crippen LogP contribution in [0.15, 0.2) is 36.4 Å². The number of hydrogen-bond acceptors (Lipinski definition) is 8. The zero-order valence-electron chi connectivity index (χ0n) is 18.0. The van der Waals surface area contributed by atoms with E-state index in [0.717, 1.165) is 0 Å². The average Bonchev–Trinajstić information content (AvgIpc) is 3.57. The van der Waals surface area contributed by atoms with Crippen LogP contribution in [0.1, 0.15) is 6.42 Å². The Bertz CT molecular complexity index is 1230. The number of fused-ring (bicyclic) bond motifs is 1. The van der Waals surface area contributed by atoms with E-state index in [0.29, 0.717) is 40.1 Å². The second-order valence-corrected chi connectivity index (χ2v) is 7.51. The second-order valence-electron chi connectivity index (χ2n) is 7.51. The van der Waals surface area contributed by atoms with Gasteiger partial charge in [-0.05, 0) is 24.3 Å². The number of anilines is 2. The normalized spacial score (nSPS) is 16.7. The third-order valence-corrected chi connectivity index (χ3v) is 5.55. The largest absolute Gasteiger partial charge is 0.497 e. The zero-order chi connectivity index (χ0) is 22.9. The van der Waals surface area contributed by atoms with Crippen LogP contribution in [0.2, 0.25) is 0 Å². The molecule has 0 saturated carbocycles. The molecular weight excluding hydrogens is 430 g/mol. The summed E-state index contributed by atoms with van der Waals surface area (Å²) in [6.45, 7) is 0.396. The molecule has 0 spiro atoms. The second kappa shape index (κ2) is 8.34. The summed E-state index contributed by atoms with van der Waals surface area (Å²) < 4.78 is 21.3. The zero-order valence-corrected chi connectivity index (χ0v) is 18.0. The molecule has 1 aromatic heterocycles. The minimum Gasteiger partial charge on any atom is -0.497 e. The van der Waals surface area contributed by atoms with E-state index >= 15 is 0 Å². The minimum absolute atomic E-state index is 0.0872. The van der Waals surface area contributed by atoms with E-state index in [1.807, 2.05) is 0 Å². The van der Waals surface area contributed by atoms with Gasteiger partial charge in [-0.25, -0.2) is 0 Å². The fourth-order valence-corrected chi connectivity index (χ4v) is 3.83. The summed E-state index contributed by atoms with van der Waals surface area (Å²) in [7, 11) is 3.11. The van der Waals surface area contributed by atoms with Gasteiger partial charge in [0.15, 0.2) is 17.3 Å². The molecule has 2 aliphatic heterocycles. The van der Waals surface area contributed by atoms with E-state index in [2.05, 4.69) is 20.5 Å². The van der Waals surface area contributed by atoms with E-state index in [1.165, 1.54) is 0 Å². The molecule has 2 aliphatic rings. The molecule has 2 N–H and O–H groups in total. The number of nitrogens with one attached hydrogen (secondary N) is 2. The Hall–Kier alpha value is -4.28. The maximum absolute atomic E-state index is 12.8. The van der Waals surface area contributed by atoms with Crippen molar-refractivity contribution in [1.82, 2.24) is 15.2 Å². The number of hydrogen-bond donors (Lipinski definition) is 2. The van der Waals surface area contributed by atoms with Crippen molar-refractivity contribution in [2.45, 2.75) is 6.42 Å². The Morgan fingerprint density at radius 2 is 2.00 bits per heavy atom. The van der Waals surface area contributed by atoms with Gasteiger partial charge in [-0.2, -0.15) is 4.98 Å². The van der Waals surface area contributed by atoms with E-state index < -0.39 is 5.92 Å². The van der Waals surface area contributed by atoms with Crippen LogP contribution in [0.25, 0.3) is 11.4 Å². The first kappa shape index (κ1) is 20.6. The number of H-pyrrole nitrogens is 1. The number of ether oxygens (including phenoxy) is 4. The van der Waals surface area contributed by atoms with Crippen molar-refractivity contribution >= 4 is 23.5 Å². The molecule has 0 aliphatic carbocycles. The molecule has 11 nitrogen and oxygen atoms in total. The Balaban J connectivity index is 1.27. The number of carbonyl (C=O) groups is 2. The van der Waals surface area contributed by atoms with E-state index in [1.54, 1.807) is 55.5 Å². The molecular formula is C22H21N5O6. The lowest BCUT2D eigenvalue weighted by Gasteiger charge is -2.16. The molecule has 1 atom stereocenters. The number of aromatic amines is 1. The summed E-state index contributed by atoms with van der Waals surface area (Å²) in [6.07, 6.45) is 0.0872. The first-order valence-electron chi connectivity index (χ1n) is 10.2. The maximum Gasteiger partial charge on any atom is 0.249 e. The molecule has 3 aromatic rings. The lowest BCUT2D eigenvalue weighted by atomic mass is 10.1. The summed E-state index contributed by atoms with van der Waals surface area (Å²) in [5.41, 5.74) is 1.32. The average molecular weight is 451 g/mol. The minimum atomic E-state index is -0.541. The topological polar surface area (TPSA) is 128 Å². The van der Waals surface area contributed by atoms with E-state index in [4.69, 9.17) is 18.9 Å². The highest BCUT2D eigenvalue weighted by atomic mass is 16.7. The van der Waals surface area contributed by atoms with E-state index in [9.17, 15) is 9.59 Å². The molecule has 2 aromatic carbocycles. The number of carbonyl (C=O) groups excluding carboxylic acids is 2. The quantitative estimate of drug-likeness (QED) is 0.584. The van der Waals surface area contributed by atoms with Crippen molar-refractivity contribution in [3.05, 3.63) is 36.4 Å². The van der Waals surface area contributed by atoms with Crippen LogP contribution in [-0.4, -0.2) is 54.6 Å². The number of rotatable bonds is 6. The van der Waals surface area contributed by atoms with Gasteiger partial charge in [-0.3, -0.25) is 20.0 Å². The molecule has 2 amide bonds. The van der Waals surface area contributed by atoms with Gasteiger partial charge >= 0.3 is 0 Å². The molecule has 0 radical (unpaired) electrons. The number of methoxy groups -OCH3 is 2. The highest BCUT2D eigenvalue weighted by molar-refractivity contribution is 6.03. The molecule has 33 heavy (non-hydrogen) atoms. The van der Waals surface area contributed by atoms with E-state index in [-0.39, 0.29) is 37.5 Å². The monoisotopic (exact) mass is 451 g/mol. The number of amides is 2. The molecule has 170 valence electrons. The van der Waals surface area contributed by atoms with Gasteiger partial charge in [0, 0.05) is 30.8 Å². The summed E-state index contributed by atoms with van der Waals surface area (Å²) >= 11 is 0. The van der Waals surface area contributed by atoms with Crippen molar-refractivity contribution in [3.63, 3.8) is 0 Å². The fourth-order valence-electron chi connectivity index (χ4n) is 3.83. The van der Waals surface area contributed by atoms with Gasteiger partial charge in [0.25, 0.3) is 0 Å². The lowest BCUT2D eigenvalue weighted by Crippen LogP contribution is -2.28. The molecule has 1 saturated heterocycles. The van der Waals surface area contributed by atoms with Crippen molar-refractivity contribution in [3.8, 4) is 34.4 Å². The van der Waals surface area contributed by atoms with Crippen molar-refractivity contribution < 1.29 is 28.5 Å². The third kappa shape index (κ3) is 3.88. The van der Waals surface area contributed by atoms with Crippen LogP contribution >= 0.6 is 0 Å². The summed E-state index contributed by atoms with van der Waals surface area (Å²) in [6, 6.07) is 10.5. The van der Waals surface area contributed by atoms with Crippen LogP contribution in [0, 0.1) is 5.92 Å². The fraction of sp³-hybridized carbons (Fsp3) is 0.273. The van der Waals surface area contributed by atoms with Gasteiger partial charge in [0.2, 0.25) is 24.6 Å². The Kier molecular flexibility index (Phi) is 5.21. The van der Waals surface area contributed by atoms with Crippen LogP contribution < -0.4 is 29.2 Å². The third-order valence-electron chi connectivity index (χ3n) is 5.55.